The molecule has 1 unspecified atom stereocenters. The average molecular weight is 321 g/mol. The van der Waals surface area contributed by atoms with Crippen LogP contribution in [0.15, 0.2) is 30.3 Å². The Kier molecular flexibility index (Phi) is 8.16. The minimum atomic E-state index is -0.486. The SMILES string of the molecule is CCC(=O)OC(COc1ccccc1)CN(C(=O)CC)C(C)C. The van der Waals surface area contributed by atoms with E-state index >= 15 is 0 Å². The second kappa shape index (κ2) is 9.87. The second-order valence-electron chi connectivity index (χ2n) is 5.58. The van der Waals surface area contributed by atoms with Crippen molar-refractivity contribution in [2.45, 2.75) is 52.7 Å². The van der Waals surface area contributed by atoms with Crippen LogP contribution in [0.5, 0.6) is 5.75 Å². The molecule has 1 aromatic rings. The zero-order chi connectivity index (χ0) is 17.2. The smallest absolute Gasteiger partial charge is 0.305 e. The van der Waals surface area contributed by atoms with Crippen molar-refractivity contribution in [3.05, 3.63) is 30.3 Å². The van der Waals surface area contributed by atoms with Crippen LogP contribution in [-0.2, 0) is 14.3 Å². The molecule has 1 amide bonds. The highest BCUT2D eigenvalue weighted by molar-refractivity contribution is 5.76. The van der Waals surface area contributed by atoms with Gasteiger partial charge >= 0.3 is 5.97 Å². The molecular weight excluding hydrogens is 294 g/mol. The highest BCUT2D eigenvalue weighted by Crippen LogP contribution is 2.12. The third-order valence-corrected chi connectivity index (χ3v) is 3.41. The van der Waals surface area contributed by atoms with Crippen molar-refractivity contribution in [3.8, 4) is 5.75 Å². The van der Waals surface area contributed by atoms with Gasteiger partial charge in [-0.15, -0.1) is 0 Å². The molecule has 23 heavy (non-hydrogen) atoms. The lowest BCUT2D eigenvalue weighted by molar-refractivity contribution is -0.154. The van der Waals surface area contributed by atoms with Crippen LogP contribution in [0, 0.1) is 0 Å². The van der Waals surface area contributed by atoms with Gasteiger partial charge in [-0.05, 0) is 26.0 Å². The zero-order valence-corrected chi connectivity index (χ0v) is 14.5. The molecule has 0 heterocycles. The van der Waals surface area contributed by atoms with Gasteiger partial charge in [-0.2, -0.15) is 0 Å². The Balaban J connectivity index is 2.74. The summed E-state index contributed by atoms with van der Waals surface area (Å²) in [6.07, 6.45) is 0.234. The summed E-state index contributed by atoms with van der Waals surface area (Å²) in [5, 5.41) is 0. The van der Waals surface area contributed by atoms with Crippen LogP contribution in [0.3, 0.4) is 0 Å². The van der Waals surface area contributed by atoms with Crippen LogP contribution in [-0.4, -0.2) is 42.1 Å². The highest BCUT2D eigenvalue weighted by Gasteiger charge is 2.23. The maximum atomic E-state index is 12.1. The molecule has 0 saturated carbocycles. The van der Waals surface area contributed by atoms with E-state index in [-0.39, 0.29) is 24.5 Å². The van der Waals surface area contributed by atoms with Crippen molar-refractivity contribution in [2.75, 3.05) is 13.2 Å². The third kappa shape index (κ3) is 6.72. The van der Waals surface area contributed by atoms with Crippen LogP contribution < -0.4 is 4.74 Å². The fourth-order valence-electron chi connectivity index (χ4n) is 2.12. The van der Waals surface area contributed by atoms with E-state index in [0.717, 1.165) is 0 Å². The maximum absolute atomic E-state index is 12.1. The van der Waals surface area contributed by atoms with E-state index in [2.05, 4.69) is 0 Å². The monoisotopic (exact) mass is 321 g/mol. The third-order valence-electron chi connectivity index (χ3n) is 3.41. The minimum absolute atomic E-state index is 0.0391. The van der Waals surface area contributed by atoms with Gasteiger partial charge in [0.15, 0.2) is 6.10 Å². The Morgan fingerprint density at radius 1 is 1.09 bits per heavy atom. The summed E-state index contributed by atoms with van der Waals surface area (Å²) in [5.41, 5.74) is 0. The molecule has 1 rings (SSSR count). The minimum Gasteiger partial charge on any atom is -0.490 e. The number of para-hydroxylation sites is 1. The number of nitrogens with zero attached hydrogens (tertiary/aromatic N) is 1. The number of ether oxygens (including phenoxy) is 2. The first kappa shape index (κ1) is 19.0. The molecular formula is C18H27NO4. The van der Waals surface area contributed by atoms with E-state index < -0.39 is 6.10 Å². The van der Waals surface area contributed by atoms with Crippen LogP contribution in [0.1, 0.15) is 40.5 Å². The Morgan fingerprint density at radius 3 is 2.26 bits per heavy atom. The summed E-state index contributed by atoms with van der Waals surface area (Å²) in [6, 6.07) is 9.39. The van der Waals surface area contributed by atoms with Gasteiger partial charge in [-0.25, -0.2) is 0 Å². The number of benzene rings is 1. The van der Waals surface area contributed by atoms with Crippen molar-refractivity contribution in [3.63, 3.8) is 0 Å². The van der Waals surface area contributed by atoms with Crippen LogP contribution in [0.4, 0.5) is 0 Å². The van der Waals surface area contributed by atoms with Crippen LogP contribution in [0.25, 0.3) is 0 Å². The summed E-state index contributed by atoms with van der Waals surface area (Å²) in [4.78, 5) is 25.4. The number of hydrogen-bond acceptors (Lipinski definition) is 4. The number of amides is 1. The number of rotatable bonds is 9. The number of carbonyl (C=O) groups is 2. The van der Waals surface area contributed by atoms with Gasteiger partial charge in [0.1, 0.15) is 12.4 Å². The first-order valence-electron chi connectivity index (χ1n) is 8.14. The first-order valence-corrected chi connectivity index (χ1v) is 8.14. The Morgan fingerprint density at radius 2 is 1.74 bits per heavy atom. The topological polar surface area (TPSA) is 55.8 Å². The van der Waals surface area contributed by atoms with E-state index in [4.69, 9.17) is 9.47 Å². The lowest BCUT2D eigenvalue weighted by atomic mass is 10.2. The molecule has 0 spiro atoms. The molecule has 0 N–H and O–H groups in total. The van der Waals surface area contributed by atoms with Crippen molar-refractivity contribution in [2.24, 2.45) is 0 Å². The van der Waals surface area contributed by atoms with E-state index in [1.165, 1.54) is 0 Å². The maximum Gasteiger partial charge on any atom is 0.305 e. The van der Waals surface area contributed by atoms with Gasteiger partial charge in [0.05, 0.1) is 6.54 Å². The van der Waals surface area contributed by atoms with Gasteiger partial charge in [-0.3, -0.25) is 9.59 Å². The van der Waals surface area contributed by atoms with E-state index in [9.17, 15) is 9.59 Å². The van der Waals surface area contributed by atoms with Crippen molar-refractivity contribution < 1.29 is 19.1 Å². The van der Waals surface area contributed by atoms with E-state index in [1.54, 1.807) is 11.8 Å². The Bertz CT molecular complexity index is 487. The lowest BCUT2D eigenvalue weighted by Crippen LogP contribution is -2.45. The largest absolute Gasteiger partial charge is 0.490 e. The number of hydrogen-bond donors (Lipinski definition) is 0. The first-order chi connectivity index (χ1) is 11.0. The zero-order valence-electron chi connectivity index (χ0n) is 14.5. The summed E-state index contributed by atoms with van der Waals surface area (Å²) >= 11 is 0. The van der Waals surface area contributed by atoms with Gasteiger partial charge in [0.25, 0.3) is 0 Å². The van der Waals surface area contributed by atoms with Gasteiger partial charge in [-0.1, -0.05) is 32.0 Å². The van der Waals surface area contributed by atoms with Crippen molar-refractivity contribution >= 4 is 11.9 Å². The van der Waals surface area contributed by atoms with Gasteiger partial charge < -0.3 is 14.4 Å². The average Bonchev–Trinajstić information content (AvgIpc) is 2.56. The normalized spacial score (nSPS) is 11.9. The molecule has 5 heteroatoms. The predicted molar refractivity (Wildman–Crippen MR) is 89.2 cm³/mol. The Labute approximate surface area is 138 Å². The molecule has 1 atom stereocenters. The fraction of sp³-hybridized carbons (Fsp3) is 0.556. The molecule has 0 radical (unpaired) electrons. The summed E-state index contributed by atoms with van der Waals surface area (Å²) < 4.78 is 11.1. The predicted octanol–water partition coefficient (Wildman–Crippen LogP) is 3.03. The molecule has 1 aromatic carbocycles. The van der Waals surface area contributed by atoms with Crippen molar-refractivity contribution in [1.82, 2.24) is 4.90 Å². The molecule has 128 valence electrons. The molecule has 0 aliphatic carbocycles. The fourth-order valence-corrected chi connectivity index (χ4v) is 2.12. The Hall–Kier alpha value is -2.04. The second-order valence-corrected chi connectivity index (χ2v) is 5.58. The van der Waals surface area contributed by atoms with Crippen LogP contribution >= 0.6 is 0 Å². The molecule has 0 saturated heterocycles. The van der Waals surface area contributed by atoms with Crippen LogP contribution in [0.2, 0.25) is 0 Å². The number of carbonyl (C=O) groups excluding carboxylic acids is 2. The molecule has 0 aliphatic rings. The summed E-state index contributed by atoms with van der Waals surface area (Å²) in [7, 11) is 0. The van der Waals surface area contributed by atoms with Crippen molar-refractivity contribution in [1.29, 1.82) is 0 Å². The van der Waals surface area contributed by atoms with Gasteiger partial charge in [0, 0.05) is 18.9 Å². The summed E-state index contributed by atoms with van der Waals surface area (Å²) in [5.74, 6) is 0.458. The molecule has 0 aliphatic heterocycles. The van der Waals surface area contributed by atoms with E-state index in [1.807, 2.05) is 51.1 Å². The van der Waals surface area contributed by atoms with Gasteiger partial charge in [0.2, 0.25) is 5.91 Å². The molecule has 0 bridgehead atoms. The highest BCUT2D eigenvalue weighted by atomic mass is 16.6. The molecule has 5 nitrogen and oxygen atoms in total. The standard InChI is InChI=1S/C18H27NO4/c1-5-17(20)19(14(3)4)12-16(23-18(21)6-2)13-22-15-10-8-7-9-11-15/h7-11,14,16H,5-6,12-13H2,1-4H3. The lowest BCUT2D eigenvalue weighted by Gasteiger charge is -2.30. The van der Waals surface area contributed by atoms with E-state index in [0.29, 0.717) is 25.1 Å². The summed E-state index contributed by atoms with van der Waals surface area (Å²) in [6.45, 7) is 8.02. The number of esters is 1. The molecule has 0 fully saturated rings. The molecule has 0 aromatic heterocycles. The quantitative estimate of drug-likeness (QED) is 0.656.